The summed E-state index contributed by atoms with van der Waals surface area (Å²) in [6, 6.07) is 1.23. The van der Waals surface area contributed by atoms with Gasteiger partial charge in [-0.2, -0.15) is 0 Å². The summed E-state index contributed by atoms with van der Waals surface area (Å²) in [7, 11) is 0. The molecule has 0 spiro atoms. The Labute approximate surface area is 86.8 Å². The number of aromatic hydroxyl groups is 2. The van der Waals surface area contributed by atoms with Gasteiger partial charge in [0.05, 0.1) is 11.0 Å². The molecule has 1 aromatic rings. The Bertz CT molecular complexity index is 416. The van der Waals surface area contributed by atoms with Crippen LogP contribution in [0.4, 0.5) is 4.39 Å². The molecule has 1 rings (SSSR count). The molecule has 0 atom stereocenters. The number of rotatable bonds is 2. The molecule has 0 unspecified atom stereocenters. The second-order valence-corrected chi connectivity index (χ2v) is 3.29. The molecule has 14 heavy (non-hydrogen) atoms. The van der Waals surface area contributed by atoms with E-state index in [0.717, 1.165) is 0 Å². The average Bonchev–Trinajstić information content (AvgIpc) is 2.18. The molecule has 0 heterocycles. The van der Waals surface area contributed by atoms with Gasteiger partial charge in [-0.25, -0.2) is 14.2 Å². The topological polar surface area (TPSA) is 69.9 Å². The van der Waals surface area contributed by atoms with Crippen LogP contribution in [0.5, 0.6) is 11.5 Å². The van der Waals surface area contributed by atoms with Crippen LogP contribution < -0.4 is 0 Å². The van der Waals surface area contributed by atoms with Crippen molar-refractivity contribution in [3.63, 3.8) is 0 Å². The van der Waals surface area contributed by atoms with Gasteiger partial charge in [0.2, 0.25) is 6.08 Å². The highest BCUT2D eigenvalue weighted by Crippen LogP contribution is 2.36. The van der Waals surface area contributed by atoms with Crippen molar-refractivity contribution in [1.82, 2.24) is 0 Å². The normalized spacial score (nSPS) is 9.57. The molecule has 0 aliphatic carbocycles. The van der Waals surface area contributed by atoms with Gasteiger partial charge in [0, 0.05) is 5.56 Å². The summed E-state index contributed by atoms with van der Waals surface area (Å²) in [6.45, 7) is -0.165. The van der Waals surface area contributed by atoms with Crippen molar-refractivity contribution >= 4 is 22.0 Å². The lowest BCUT2D eigenvalue weighted by molar-refractivity contribution is 0.374. The van der Waals surface area contributed by atoms with E-state index < -0.39 is 17.3 Å². The number of hydrogen-bond donors (Lipinski definition) is 2. The zero-order chi connectivity index (χ0) is 10.7. The van der Waals surface area contributed by atoms with Gasteiger partial charge in [-0.05, 0) is 22.0 Å². The number of phenols is 2. The maximum absolute atomic E-state index is 12.9. The van der Waals surface area contributed by atoms with Crippen LogP contribution in [-0.4, -0.2) is 16.3 Å². The lowest BCUT2D eigenvalue weighted by Gasteiger charge is -2.05. The minimum absolute atomic E-state index is 0.0103. The number of benzene rings is 1. The van der Waals surface area contributed by atoms with Crippen molar-refractivity contribution in [3.05, 3.63) is 21.9 Å². The van der Waals surface area contributed by atoms with Crippen LogP contribution in [0.2, 0.25) is 0 Å². The molecule has 0 radical (unpaired) electrons. The summed E-state index contributed by atoms with van der Waals surface area (Å²) in [4.78, 5) is 13.0. The van der Waals surface area contributed by atoms with Crippen LogP contribution in [-0.2, 0) is 11.3 Å². The summed E-state index contributed by atoms with van der Waals surface area (Å²) in [5.74, 6) is -2.44. The Morgan fingerprint density at radius 2 is 2.14 bits per heavy atom. The van der Waals surface area contributed by atoms with Crippen LogP contribution in [0.3, 0.4) is 0 Å². The van der Waals surface area contributed by atoms with E-state index in [0.29, 0.717) is 0 Å². The first-order valence-electron chi connectivity index (χ1n) is 3.50. The molecule has 6 heteroatoms. The van der Waals surface area contributed by atoms with Crippen LogP contribution in [0.1, 0.15) is 5.56 Å². The Morgan fingerprint density at radius 3 is 2.71 bits per heavy atom. The van der Waals surface area contributed by atoms with Gasteiger partial charge in [-0.3, -0.25) is 0 Å². The Morgan fingerprint density at radius 1 is 1.50 bits per heavy atom. The predicted octanol–water partition coefficient (Wildman–Crippen LogP) is 1.84. The zero-order valence-electron chi connectivity index (χ0n) is 6.79. The lowest BCUT2D eigenvalue weighted by atomic mass is 10.2. The van der Waals surface area contributed by atoms with E-state index in [1.165, 1.54) is 12.1 Å². The van der Waals surface area contributed by atoms with Crippen LogP contribution in [0.15, 0.2) is 15.5 Å². The van der Waals surface area contributed by atoms with Crippen LogP contribution in [0.25, 0.3) is 0 Å². The van der Waals surface area contributed by atoms with Gasteiger partial charge >= 0.3 is 0 Å². The van der Waals surface area contributed by atoms with Crippen molar-refractivity contribution in [2.45, 2.75) is 6.54 Å². The SMILES string of the molecule is O=C=NCc1cc(Br)c(F)c(O)c1O. The van der Waals surface area contributed by atoms with E-state index in [2.05, 4.69) is 20.9 Å². The first-order valence-corrected chi connectivity index (χ1v) is 4.29. The third kappa shape index (κ3) is 1.92. The minimum Gasteiger partial charge on any atom is -0.504 e. The van der Waals surface area contributed by atoms with Gasteiger partial charge in [0.25, 0.3) is 0 Å². The Hall–Kier alpha value is -1.39. The molecule has 0 saturated heterocycles. The van der Waals surface area contributed by atoms with E-state index in [1.54, 1.807) is 0 Å². The molecule has 0 aliphatic heterocycles. The number of nitrogens with zero attached hydrogens (tertiary/aromatic N) is 1. The fourth-order valence-corrected chi connectivity index (χ4v) is 1.36. The molecular weight excluding hydrogens is 257 g/mol. The van der Waals surface area contributed by atoms with E-state index in [1.807, 2.05) is 0 Å². The van der Waals surface area contributed by atoms with Crippen LogP contribution >= 0.6 is 15.9 Å². The molecule has 2 N–H and O–H groups in total. The molecule has 0 amide bonds. The third-order valence-electron chi connectivity index (χ3n) is 1.56. The first kappa shape index (κ1) is 10.7. The molecule has 0 fully saturated rings. The summed E-state index contributed by atoms with van der Waals surface area (Å²) in [5, 5.41) is 18.3. The van der Waals surface area contributed by atoms with Gasteiger partial charge in [-0.1, -0.05) is 0 Å². The highest BCUT2D eigenvalue weighted by Gasteiger charge is 2.15. The summed E-state index contributed by atoms with van der Waals surface area (Å²) >= 11 is 2.84. The quantitative estimate of drug-likeness (QED) is 0.485. The largest absolute Gasteiger partial charge is 0.504 e. The van der Waals surface area contributed by atoms with E-state index in [9.17, 15) is 14.3 Å². The van der Waals surface area contributed by atoms with Gasteiger partial charge < -0.3 is 10.2 Å². The predicted molar refractivity (Wildman–Crippen MR) is 49.3 cm³/mol. The smallest absolute Gasteiger partial charge is 0.235 e. The molecule has 0 aliphatic rings. The highest BCUT2D eigenvalue weighted by atomic mass is 79.9. The first-order chi connectivity index (χ1) is 6.57. The lowest BCUT2D eigenvalue weighted by Crippen LogP contribution is -1.88. The molecule has 4 nitrogen and oxygen atoms in total. The molecular formula is C8H5BrFNO3. The van der Waals surface area contributed by atoms with Crippen molar-refractivity contribution in [1.29, 1.82) is 0 Å². The van der Waals surface area contributed by atoms with Gasteiger partial charge in [-0.15, -0.1) is 0 Å². The fourth-order valence-electron chi connectivity index (χ4n) is 0.892. The third-order valence-corrected chi connectivity index (χ3v) is 2.14. The Balaban J connectivity index is 3.25. The van der Waals surface area contributed by atoms with Gasteiger partial charge in [0.15, 0.2) is 17.3 Å². The Kier molecular flexibility index (Phi) is 3.22. The maximum Gasteiger partial charge on any atom is 0.235 e. The molecule has 0 bridgehead atoms. The van der Waals surface area contributed by atoms with Gasteiger partial charge in [0.1, 0.15) is 0 Å². The van der Waals surface area contributed by atoms with E-state index in [-0.39, 0.29) is 16.6 Å². The number of halogens is 2. The zero-order valence-corrected chi connectivity index (χ0v) is 8.38. The summed E-state index contributed by atoms with van der Waals surface area (Å²) < 4.78 is 12.9. The number of carbonyl (C=O) groups excluding carboxylic acids is 1. The van der Waals surface area contributed by atoms with Crippen molar-refractivity contribution in [2.75, 3.05) is 0 Å². The van der Waals surface area contributed by atoms with E-state index in [4.69, 9.17) is 5.11 Å². The summed E-state index contributed by atoms with van der Waals surface area (Å²) in [5.41, 5.74) is 0.138. The van der Waals surface area contributed by atoms with E-state index >= 15 is 0 Å². The number of phenolic OH excluding ortho intramolecular Hbond substituents is 2. The monoisotopic (exact) mass is 261 g/mol. The summed E-state index contributed by atoms with van der Waals surface area (Å²) in [6.07, 6.45) is 1.27. The molecule has 1 aromatic carbocycles. The number of aliphatic imine (C=N–C) groups is 1. The van der Waals surface area contributed by atoms with Crippen molar-refractivity contribution in [3.8, 4) is 11.5 Å². The van der Waals surface area contributed by atoms with Crippen LogP contribution in [0, 0.1) is 5.82 Å². The molecule has 0 saturated carbocycles. The molecule has 0 aromatic heterocycles. The highest BCUT2D eigenvalue weighted by molar-refractivity contribution is 9.10. The van der Waals surface area contributed by atoms with Crippen molar-refractivity contribution in [2.24, 2.45) is 4.99 Å². The fraction of sp³-hybridized carbons (Fsp3) is 0.125. The average molecular weight is 262 g/mol. The number of hydrogen-bond acceptors (Lipinski definition) is 4. The number of isocyanates is 1. The standard InChI is InChI=1S/C8H5BrFNO3/c9-5-1-4(2-11-3-12)7(13)8(14)6(5)10/h1,13-14H,2H2. The second kappa shape index (κ2) is 4.21. The maximum atomic E-state index is 12.9. The van der Waals surface area contributed by atoms with Crippen molar-refractivity contribution < 1.29 is 19.4 Å². The molecule has 74 valence electrons. The second-order valence-electron chi connectivity index (χ2n) is 2.44. The minimum atomic E-state index is -0.957.